The predicted molar refractivity (Wildman–Crippen MR) is 111 cm³/mol. The Hall–Kier alpha value is -3.18. The Morgan fingerprint density at radius 1 is 1.07 bits per heavy atom. The molecule has 2 aromatic carbocycles. The minimum Gasteiger partial charge on any atom is -0.478 e. The Morgan fingerprint density at radius 3 is 2.45 bits per heavy atom. The van der Waals surface area contributed by atoms with Crippen LogP contribution in [0, 0.1) is 6.92 Å². The molecule has 0 bridgehead atoms. The van der Waals surface area contributed by atoms with Gasteiger partial charge in [-0.1, -0.05) is 54.6 Å². The zero-order valence-corrected chi connectivity index (χ0v) is 16.6. The van der Waals surface area contributed by atoms with Gasteiger partial charge in [-0.3, -0.25) is 9.69 Å². The minimum absolute atomic E-state index is 0.0193. The number of allylic oxidation sites excluding steroid dienone is 1. The molecule has 2 aliphatic heterocycles. The van der Waals surface area contributed by atoms with Gasteiger partial charge in [-0.2, -0.15) is 0 Å². The van der Waals surface area contributed by atoms with E-state index in [2.05, 4.69) is 10.2 Å². The summed E-state index contributed by atoms with van der Waals surface area (Å²) in [5.74, 6) is -1.56. The number of Topliss-reactive ketones (excluding diaryl/α,β-unsaturated/α-hetero) is 1. The number of ketones is 1. The van der Waals surface area contributed by atoms with Crippen LogP contribution in [0.25, 0.3) is 0 Å². The highest BCUT2D eigenvalue weighted by molar-refractivity contribution is 6.04. The first-order chi connectivity index (χ1) is 14.0. The molecule has 1 atom stereocenters. The van der Waals surface area contributed by atoms with E-state index in [-0.39, 0.29) is 17.9 Å². The summed E-state index contributed by atoms with van der Waals surface area (Å²) in [6.45, 7) is 5.28. The molecule has 2 heterocycles. The number of nitrogens with one attached hydrogen (secondary N) is 1. The van der Waals surface area contributed by atoms with Gasteiger partial charge >= 0.3 is 5.97 Å². The molecular formula is C24H24N2O3. The van der Waals surface area contributed by atoms with E-state index in [0.717, 1.165) is 22.4 Å². The van der Waals surface area contributed by atoms with Gasteiger partial charge in [0, 0.05) is 36.0 Å². The molecule has 148 valence electrons. The van der Waals surface area contributed by atoms with Crippen molar-refractivity contribution in [1.82, 2.24) is 10.2 Å². The van der Waals surface area contributed by atoms with Crippen LogP contribution in [0.4, 0.5) is 0 Å². The topological polar surface area (TPSA) is 69.6 Å². The van der Waals surface area contributed by atoms with E-state index in [4.69, 9.17) is 0 Å². The number of rotatable bonds is 4. The number of carboxylic acids is 1. The van der Waals surface area contributed by atoms with Gasteiger partial charge in [0.05, 0.1) is 12.1 Å². The van der Waals surface area contributed by atoms with E-state index in [1.807, 2.05) is 61.5 Å². The fourth-order valence-corrected chi connectivity index (χ4v) is 4.38. The van der Waals surface area contributed by atoms with Gasteiger partial charge in [-0.05, 0) is 30.5 Å². The molecule has 0 fully saturated rings. The predicted octanol–water partition coefficient (Wildman–Crippen LogP) is 3.38. The van der Waals surface area contributed by atoms with E-state index in [1.54, 1.807) is 6.92 Å². The molecule has 5 nitrogen and oxygen atoms in total. The minimum atomic E-state index is -0.991. The number of nitrogens with zero attached hydrogens (tertiary/aromatic N) is 1. The molecule has 0 aliphatic carbocycles. The lowest BCUT2D eigenvalue weighted by Gasteiger charge is -2.38. The highest BCUT2D eigenvalue weighted by Gasteiger charge is 2.40. The number of benzene rings is 2. The molecule has 0 saturated heterocycles. The Kier molecular flexibility index (Phi) is 5.07. The van der Waals surface area contributed by atoms with Gasteiger partial charge in [0.2, 0.25) is 0 Å². The summed E-state index contributed by atoms with van der Waals surface area (Å²) in [7, 11) is 0. The first-order valence-electron chi connectivity index (χ1n) is 9.75. The zero-order chi connectivity index (χ0) is 20.5. The quantitative estimate of drug-likeness (QED) is 0.840. The first kappa shape index (κ1) is 19.2. The fourth-order valence-electron chi connectivity index (χ4n) is 4.38. The smallest absolute Gasteiger partial charge is 0.334 e. The van der Waals surface area contributed by atoms with Crippen molar-refractivity contribution in [3.63, 3.8) is 0 Å². The van der Waals surface area contributed by atoms with Crippen molar-refractivity contribution in [2.24, 2.45) is 0 Å². The van der Waals surface area contributed by atoms with Crippen LogP contribution >= 0.6 is 0 Å². The van der Waals surface area contributed by atoms with Crippen LogP contribution in [0.2, 0.25) is 0 Å². The summed E-state index contributed by atoms with van der Waals surface area (Å²) in [6, 6.07) is 17.8. The average molecular weight is 388 g/mol. The van der Waals surface area contributed by atoms with Crippen molar-refractivity contribution in [2.75, 3.05) is 13.1 Å². The van der Waals surface area contributed by atoms with Crippen LogP contribution in [-0.2, 0) is 16.1 Å². The third-order valence-electron chi connectivity index (χ3n) is 5.67. The highest BCUT2D eigenvalue weighted by atomic mass is 16.4. The molecule has 29 heavy (non-hydrogen) atoms. The van der Waals surface area contributed by atoms with E-state index in [1.165, 1.54) is 0 Å². The number of carbonyl (C=O) groups is 2. The van der Waals surface area contributed by atoms with Gasteiger partial charge < -0.3 is 10.4 Å². The van der Waals surface area contributed by atoms with Gasteiger partial charge in [0.1, 0.15) is 0 Å². The summed E-state index contributed by atoms with van der Waals surface area (Å²) >= 11 is 0. The number of hydrogen-bond acceptors (Lipinski definition) is 4. The molecule has 0 saturated carbocycles. The largest absolute Gasteiger partial charge is 0.478 e. The Bertz CT molecular complexity index is 1040. The van der Waals surface area contributed by atoms with Crippen molar-refractivity contribution in [3.8, 4) is 0 Å². The standard InChI is InChI=1S/C24H24N2O3/c1-15-8-6-7-11-18(15)22-21(24(28)29)16(2)25-19-13-26(14-20(27)23(19)22)12-17-9-4-3-5-10-17/h3-11,22,25H,12-14H2,1-2H3,(H,28,29). The van der Waals surface area contributed by atoms with Gasteiger partial charge in [0.25, 0.3) is 0 Å². The molecule has 0 spiro atoms. The van der Waals surface area contributed by atoms with E-state index < -0.39 is 11.9 Å². The Labute approximate surface area is 170 Å². The van der Waals surface area contributed by atoms with Gasteiger partial charge in [0.15, 0.2) is 5.78 Å². The molecule has 2 aliphatic rings. The SMILES string of the molecule is CC1=C(C(=O)O)C(c2ccccc2C)C2=C(CN(Cc3ccccc3)CC2=O)N1. The molecule has 2 aromatic rings. The molecular weight excluding hydrogens is 364 g/mol. The highest BCUT2D eigenvalue weighted by Crippen LogP contribution is 2.41. The first-order valence-corrected chi connectivity index (χ1v) is 9.75. The number of aryl methyl sites for hydroxylation is 1. The number of carboxylic acid groups (broad SMARTS) is 1. The van der Waals surface area contributed by atoms with Crippen LogP contribution in [0.5, 0.6) is 0 Å². The number of carbonyl (C=O) groups excluding carboxylic acids is 1. The lowest BCUT2D eigenvalue weighted by atomic mass is 9.76. The zero-order valence-electron chi connectivity index (χ0n) is 16.6. The van der Waals surface area contributed by atoms with Crippen molar-refractivity contribution < 1.29 is 14.7 Å². The molecule has 4 rings (SSSR count). The monoisotopic (exact) mass is 388 g/mol. The van der Waals surface area contributed by atoms with Crippen molar-refractivity contribution in [1.29, 1.82) is 0 Å². The second-order valence-corrected chi connectivity index (χ2v) is 7.70. The molecule has 1 unspecified atom stereocenters. The average Bonchev–Trinajstić information content (AvgIpc) is 2.67. The summed E-state index contributed by atoms with van der Waals surface area (Å²) < 4.78 is 0. The maximum Gasteiger partial charge on any atom is 0.334 e. The lowest BCUT2D eigenvalue weighted by molar-refractivity contribution is -0.133. The van der Waals surface area contributed by atoms with E-state index >= 15 is 0 Å². The Balaban J connectivity index is 1.75. The second kappa shape index (κ2) is 7.68. The van der Waals surface area contributed by atoms with Crippen molar-refractivity contribution >= 4 is 11.8 Å². The van der Waals surface area contributed by atoms with Crippen LogP contribution in [0.15, 0.2) is 77.1 Å². The molecule has 0 aromatic heterocycles. The number of dihydropyridines is 1. The van der Waals surface area contributed by atoms with Gasteiger partial charge in [-0.15, -0.1) is 0 Å². The van der Waals surface area contributed by atoms with Crippen molar-refractivity contribution in [2.45, 2.75) is 26.3 Å². The third kappa shape index (κ3) is 3.61. The summed E-state index contributed by atoms with van der Waals surface area (Å²) in [6.07, 6.45) is 0. The van der Waals surface area contributed by atoms with Crippen LogP contribution in [0.1, 0.15) is 29.5 Å². The lowest BCUT2D eigenvalue weighted by Crippen LogP contribution is -2.45. The van der Waals surface area contributed by atoms with Crippen LogP contribution in [-0.4, -0.2) is 34.8 Å². The van der Waals surface area contributed by atoms with Crippen molar-refractivity contribution in [3.05, 3.63) is 93.8 Å². The van der Waals surface area contributed by atoms with E-state index in [9.17, 15) is 14.7 Å². The van der Waals surface area contributed by atoms with Crippen LogP contribution in [0.3, 0.4) is 0 Å². The third-order valence-corrected chi connectivity index (χ3v) is 5.67. The Morgan fingerprint density at radius 2 is 1.76 bits per heavy atom. The molecule has 2 N–H and O–H groups in total. The molecule has 5 heteroatoms. The maximum atomic E-state index is 13.2. The number of hydrogen-bond donors (Lipinski definition) is 2. The molecule has 0 amide bonds. The van der Waals surface area contributed by atoms with E-state index in [0.29, 0.717) is 24.4 Å². The summed E-state index contributed by atoms with van der Waals surface area (Å²) in [5, 5.41) is 13.1. The fraction of sp³-hybridized carbons (Fsp3) is 0.250. The second-order valence-electron chi connectivity index (χ2n) is 7.70. The molecule has 0 radical (unpaired) electrons. The normalized spacial score (nSPS) is 19.8. The number of aliphatic carboxylic acids is 1. The van der Waals surface area contributed by atoms with Gasteiger partial charge in [-0.25, -0.2) is 4.79 Å². The maximum absolute atomic E-state index is 13.2. The van der Waals surface area contributed by atoms with Crippen LogP contribution < -0.4 is 5.32 Å². The summed E-state index contributed by atoms with van der Waals surface area (Å²) in [4.78, 5) is 27.4. The summed E-state index contributed by atoms with van der Waals surface area (Å²) in [5.41, 5.74) is 5.26.